The molecule has 1 aromatic heterocycles. The number of amides is 2. The molecular formula is C21H22N2O9S. The smallest absolute Gasteiger partial charge is 0.411 e. The zero-order valence-electron chi connectivity index (χ0n) is 18.3. The third-order valence-electron chi connectivity index (χ3n) is 4.11. The van der Waals surface area contributed by atoms with Gasteiger partial charge in [-0.3, -0.25) is 10.1 Å². The first-order chi connectivity index (χ1) is 15.7. The van der Waals surface area contributed by atoms with Crippen molar-refractivity contribution in [2.75, 3.05) is 38.1 Å². The quantitative estimate of drug-likeness (QED) is 0.432. The highest BCUT2D eigenvalue weighted by molar-refractivity contribution is 7.18. The van der Waals surface area contributed by atoms with Crippen LogP contribution in [0, 0.1) is 6.92 Å². The van der Waals surface area contributed by atoms with E-state index < -0.39 is 36.5 Å². The maximum atomic E-state index is 12.3. The topological polar surface area (TPSA) is 146 Å². The number of methoxy groups -OCH3 is 2. The summed E-state index contributed by atoms with van der Waals surface area (Å²) in [5.74, 6) is -2.99. The number of thiophene rings is 1. The summed E-state index contributed by atoms with van der Waals surface area (Å²) in [6, 6.07) is 5.87. The second-order valence-electron chi connectivity index (χ2n) is 6.29. The van der Waals surface area contributed by atoms with E-state index in [4.69, 9.17) is 14.2 Å². The number of rotatable bonds is 8. The first-order valence-electron chi connectivity index (χ1n) is 9.52. The minimum atomic E-state index is -0.816. The van der Waals surface area contributed by atoms with Gasteiger partial charge >= 0.3 is 24.0 Å². The predicted octanol–water partition coefficient (Wildman–Crippen LogP) is 2.99. The standard InChI is InChI=1S/C21H22N2O9S/c1-5-31-21(28)22-13-8-6-7-12(9-13)18(25)32-10-14(24)23-17-15(19(26)29-3)11(2)16(33-17)20(27)30-4/h6-9H,5,10H2,1-4H3,(H,22,28)(H,23,24). The molecule has 0 bridgehead atoms. The molecule has 0 aliphatic heterocycles. The molecule has 0 saturated heterocycles. The van der Waals surface area contributed by atoms with Crippen molar-refractivity contribution < 1.29 is 42.9 Å². The van der Waals surface area contributed by atoms with E-state index in [2.05, 4.69) is 15.4 Å². The Morgan fingerprint density at radius 2 is 1.64 bits per heavy atom. The normalized spacial score (nSPS) is 10.1. The van der Waals surface area contributed by atoms with Gasteiger partial charge in [0.25, 0.3) is 5.91 Å². The van der Waals surface area contributed by atoms with Crippen molar-refractivity contribution in [2.24, 2.45) is 0 Å². The van der Waals surface area contributed by atoms with Gasteiger partial charge in [0.1, 0.15) is 9.88 Å². The average Bonchev–Trinajstić information content (AvgIpc) is 3.12. The van der Waals surface area contributed by atoms with Gasteiger partial charge in [-0.05, 0) is 37.6 Å². The second kappa shape index (κ2) is 11.6. The number of hydrogen-bond donors (Lipinski definition) is 2. The van der Waals surface area contributed by atoms with E-state index in [0.29, 0.717) is 5.69 Å². The molecule has 176 valence electrons. The van der Waals surface area contributed by atoms with E-state index >= 15 is 0 Å². The average molecular weight is 478 g/mol. The molecule has 11 nitrogen and oxygen atoms in total. The van der Waals surface area contributed by atoms with Crippen molar-refractivity contribution in [3.63, 3.8) is 0 Å². The molecule has 2 rings (SSSR count). The van der Waals surface area contributed by atoms with Crippen molar-refractivity contribution in [2.45, 2.75) is 13.8 Å². The molecule has 2 aromatic rings. The first-order valence-corrected chi connectivity index (χ1v) is 10.3. The maximum Gasteiger partial charge on any atom is 0.411 e. The first kappa shape index (κ1) is 25.3. The minimum Gasteiger partial charge on any atom is -0.465 e. The fourth-order valence-electron chi connectivity index (χ4n) is 2.62. The molecule has 0 aliphatic carbocycles. The molecule has 0 unspecified atom stereocenters. The Bertz CT molecular complexity index is 1080. The molecule has 0 atom stereocenters. The number of anilines is 2. The lowest BCUT2D eigenvalue weighted by molar-refractivity contribution is -0.119. The summed E-state index contributed by atoms with van der Waals surface area (Å²) in [7, 11) is 2.35. The lowest BCUT2D eigenvalue weighted by Gasteiger charge is -2.09. The molecule has 0 aliphatic rings. The van der Waals surface area contributed by atoms with Gasteiger partial charge < -0.3 is 24.3 Å². The van der Waals surface area contributed by atoms with Crippen LogP contribution < -0.4 is 10.6 Å². The van der Waals surface area contributed by atoms with Crippen molar-refractivity contribution in [3.8, 4) is 0 Å². The van der Waals surface area contributed by atoms with Gasteiger partial charge in [-0.15, -0.1) is 11.3 Å². The summed E-state index contributed by atoms with van der Waals surface area (Å²) in [6.45, 7) is 2.69. The Kier molecular flexibility index (Phi) is 8.92. The van der Waals surface area contributed by atoms with Crippen LogP contribution in [0.1, 0.15) is 42.9 Å². The van der Waals surface area contributed by atoms with Gasteiger partial charge in [0.15, 0.2) is 6.61 Å². The molecule has 2 amide bonds. The fraction of sp³-hybridized carbons (Fsp3) is 0.286. The van der Waals surface area contributed by atoms with Crippen LogP contribution in [-0.4, -0.2) is 57.3 Å². The fourth-order valence-corrected chi connectivity index (χ4v) is 3.75. The van der Waals surface area contributed by atoms with Gasteiger partial charge in [0, 0.05) is 5.69 Å². The largest absolute Gasteiger partial charge is 0.465 e. The van der Waals surface area contributed by atoms with Crippen molar-refractivity contribution in [1.29, 1.82) is 0 Å². The van der Waals surface area contributed by atoms with Gasteiger partial charge in [-0.2, -0.15) is 0 Å². The summed E-state index contributed by atoms with van der Waals surface area (Å²) >= 11 is 0.833. The molecular weight excluding hydrogens is 456 g/mol. The lowest BCUT2D eigenvalue weighted by atomic mass is 10.1. The maximum absolute atomic E-state index is 12.3. The van der Waals surface area contributed by atoms with E-state index in [1.165, 1.54) is 32.2 Å². The highest BCUT2D eigenvalue weighted by Gasteiger charge is 2.27. The molecule has 0 fully saturated rings. The van der Waals surface area contributed by atoms with Crippen LogP contribution in [0.25, 0.3) is 0 Å². The number of hydrogen-bond acceptors (Lipinski definition) is 10. The Morgan fingerprint density at radius 3 is 2.27 bits per heavy atom. The Balaban J connectivity index is 2.07. The van der Waals surface area contributed by atoms with Gasteiger partial charge in [-0.25, -0.2) is 19.2 Å². The number of carbonyl (C=O) groups excluding carboxylic acids is 5. The van der Waals surface area contributed by atoms with Crippen LogP contribution in [0.15, 0.2) is 24.3 Å². The van der Waals surface area contributed by atoms with Crippen molar-refractivity contribution in [1.82, 2.24) is 0 Å². The SMILES string of the molecule is CCOC(=O)Nc1cccc(C(=O)OCC(=O)Nc2sc(C(=O)OC)c(C)c2C(=O)OC)c1. The van der Waals surface area contributed by atoms with E-state index in [9.17, 15) is 24.0 Å². The van der Waals surface area contributed by atoms with E-state index in [-0.39, 0.29) is 33.2 Å². The molecule has 12 heteroatoms. The zero-order chi connectivity index (χ0) is 24.5. The van der Waals surface area contributed by atoms with E-state index in [1.54, 1.807) is 13.0 Å². The van der Waals surface area contributed by atoms with Crippen LogP contribution in [-0.2, 0) is 23.7 Å². The molecule has 0 saturated carbocycles. The minimum absolute atomic E-state index is 0.000294. The van der Waals surface area contributed by atoms with Crippen LogP contribution in [0.5, 0.6) is 0 Å². The number of carbonyl (C=O) groups is 5. The second-order valence-corrected chi connectivity index (χ2v) is 7.31. The third kappa shape index (κ3) is 6.53. The van der Waals surface area contributed by atoms with E-state index in [1.807, 2.05) is 0 Å². The Hall–Kier alpha value is -3.93. The summed E-state index contributed by atoms with van der Waals surface area (Å²) in [5, 5.41) is 4.95. The molecule has 1 heterocycles. The summed E-state index contributed by atoms with van der Waals surface area (Å²) < 4.78 is 19.2. The highest BCUT2D eigenvalue weighted by Crippen LogP contribution is 2.34. The number of nitrogens with one attached hydrogen (secondary N) is 2. The summed E-state index contributed by atoms with van der Waals surface area (Å²) in [6.07, 6.45) is -0.679. The number of esters is 3. The van der Waals surface area contributed by atoms with Crippen LogP contribution in [0.2, 0.25) is 0 Å². The van der Waals surface area contributed by atoms with Crippen LogP contribution >= 0.6 is 11.3 Å². The monoisotopic (exact) mass is 478 g/mol. The van der Waals surface area contributed by atoms with Crippen LogP contribution in [0.4, 0.5) is 15.5 Å². The number of benzene rings is 1. The predicted molar refractivity (Wildman–Crippen MR) is 118 cm³/mol. The highest BCUT2D eigenvalue weighted by atomic mass is 32.1. The van der Waals surface area contributed by atoms with Gasteiger partial charge in [-0.1, -0.05) is 6.07 Å². The molecule has 0 spiro atoms. The lowest BCUT2D eigenvalue weighted by Crippen LogP contribution is -2.21. The summed E-state index contributed by atoms with van der Waals surface area (Å²) in [5.41, 5.74) is 0.684. The summed E-state index contributed by atoms with van der Waals surface area (Å²) in [4.78, 5) is 60.3. The molecule has 0 radical (unpaired) electrons. The zero-order valence-corrected chi connectivity index (χ0v) is 19.1. The van der Waals surface area contributed by atoms with E-state index in [0.717, 1.165) is 18.4 Å². The Morgan fingerprint density at radius 1 is 0.939 bits per heavy atom. The van der Waals surface area contributed by atoms with Crippen molar-refractivity contribution in [3.05, 3.63) is 45.8 Å². The molecule has 1 aromatic carbocycles. The number of ether oxygens (including phenoxy) is 4. The molecule has 2 N–H and O–H groups in total. The van der Waals surface area contributed by atoms with Gasteiger partial charge in [0.2, 0.25) is 0 Å². The van der Waals surface area contributed by atoms with Crippen LogP contribution in [0.3, 0.4) is 0 Å². The Labute approximate surface area is 193 Å². The van der Waals surface area contributed by atoms with Crippen molar-refractivity contribution >= 4 is 51.9 Å². The molecule has 33 heavy (non-hydrogen) atoms. The van der Waals surface area contributed by atoms with Gasteiger partial charge in [0.05, 0.1) is 32.0 Å². The third-order valence-corrected chi connectivity index (χ3v) is 5.30.